The van der Waals surface area contributed by atoms with E-state index in [1.165, 1.54) is 17.2 Å². The molecule has 0 bridgehead atoms. The second-order valence-corrected chi connectivity index (χ2v) is 6.89. The number of hydrogen-bond acceptors (Lipinski definition) is 10. The predicted octanol–water partition coefficient (Wildman–Crippen LogP) is -1.54. The number of aliphatic hydroxyl groups is 3. The van der Waals surface area contributed by atoms with Gasteiger partial charge in [0.2, 0.25) is 0 Å². The Hall–Kier alpha value is -2.38. The third-order valence-corrected chi connectivity index (χ3v) is 4.22. The molecule has 156 valence electrons. The van der Waals surface area contributed by atoms with Gasteiger partial charge in [0.15, 0.2) is 17.7 Å². The van der Waals surface area contributed by atoms with Crippen molar-refractivity contribution in [3.05, 3.63) is 12.7 Å². The van der Waals surface area contributed by atoms with Gasteiger partial charge in [-0.25, -0.2) is 15.0 Å². The zero-order valence-electron chi connectivity index (χ0n) is 15.6. The molecule has 0 aliphatic carbocycles. The van der Waals surface area contributed by atoms with Crippen LogP contribution < -0.4 is 11.5 Å². The Balaban J connectivity index is 0.000000266. The molecule has 2 aromatic rings. The molecule has 2 aromatic heterocycles. The van der Waals surface area contributed by atoms with E-state index in [0.29, 0.717) is 23.5 Å². The Bertz CT molecular complexity index is 799. The van der Waals surface area contributed by atoms with Crippen LogP contribution in [0.15, 0.2) is 12.7 Å². The first kappa shape index (κ1) is 21.9. The maximum Gasteiger partial charge on any atom is 0.320 e. The number of imidazole rings is 1. The van der Waals surface area contributed by atoms with Crippen molar-refractivity contribution in [3.63, 3.8) is 0 Å². The summed E-state index contributed by atoms with van der Waals surface area (Å²) in [5.74, 6) is -0.338. The average molecular weight is 398 g/mol. The Kier molecular flexibility index (Phi) is 7.21. The number of carboxylic acids is 1. The van der Waals surface area contributed by atoms with Crippen molar-refractivity contribution < 1.29 is 30.0 Å². The summed E-state index contributed by atoms with van der Waals surface area (Å²) in [6.45, 7) is 3.50. The molecule has 1 fully saturated rings. The van der Waals surface area contributed by atoms with Crippen molar-refractivity contribution in [3.8, 4) is 0 Å². The molecule has 3 heterocycles. The number of ether oxygens (including phenoxy) is 1. The maximum atomic E-state index is 10.1. The summed E-state index contributed by atoms with van der Waals surface area (Å²) < 4.78 is 6.85. The number of aliphatic carboxylic acids is 1. The van der Waals surface area contributed by atoms with Gasteiger partial charge in [0.05, 0.1) is 12.9 Å². The lowest BCUT2D eigenvalue weighted by Crippen LogP contribution is -2.33. The van der Waals surface area contributed by atoms with Gasteiger partial charge in [-0.1, -0.05) is 13.8 Å². The van der Waals surface area contributed by atoms with Crippen LogP contribution in [0.2, 0.25) is 0 Å². The van der Waals surface area contributed by atoms with E-state index in [9.17, 15) is 15.0 Å². The Morgan fingerprint density at radius 2 is 1.96 bits per heavy atom. The van der Waals surface area contributed by atoms with E-state index < -0.39 is 43.2 Å². The smallest absolute Gasteiger partial charge is 0.320 e. The quantitative estimate of drug-likeness (QED) is 0.341. The number of rotatable bonds is 5. The summed E-state index contributed by atoms with van der Waals surface area (Å²) in [4.78, 5) is 22.0. The zero-order valence-corrected chi connectivity index (χ0v) is 15.6. The van der Waals surface area contributed by atoms with Crippen molar-refractivity contribution in [2.75, 3.05) is 12.3 Å². The lowest BCUT2D eigenvalue weighted by atomic mass is 10.1. The first-order valence-corrected chi connectivity index (χ1v) is 8.71. The fraction of sp³-hybridized carbons (Fsp3) is 0.625. The summed E-state index contributed by atoms with van der Waals surface area (Å²) in [6.07, 6.45) is -0.872. The largest absolute Gasteiger partial charge is 0.480 e. The molecule has 3 rings (SSSR count). The van der Waals surface area contributed by atoms with Crippen LogP contribution in [0.5, 0.6) is 0 Å². The fourth-order valence-corrected chi connectivity index (χ4v) is 2.77. The van der Waals surface area contributed by atoms with Crippen LogP contribution in [0.4, 0.5) is 5.82 Å². The third-order valence-electron chi connectivity index (χ3n) is 4.22. The van der Waals surface area contributed by atoms with Gasteiger partial charge in [0.25, 0.3) is 0 Å². The monoisotopic (exact) mass is 398 g/mol. The van der Waals surface area contributed by atoms with E-state index >= 15 is 0 Å². The number of nitrogens with two attached hydrogens (primary N) is 2. The van der Waals surface area contributed by atoms with E-state index in [0.717, 1.165) is 0 Å². The summed E-state index contributed by atoms with van der Waals surface area (Å²) in [7, 11) is 0. The molecule has 0 aromatic carbocycles. The second kappa shape index (κ2) is 9.21. The highest BCUT2D eigenvalue weighted by molar-refractivity contribution is 5.81. The second-order valence-electron chi connectivity index (χ2n) is 6.89. The van der Waals surface area contributed by atoms with Crippen LogP contribution in [0, 0.1) is 5.92 Å². The number of anilines is 1. The number of aliphatic hydroxyl groups excluding tert-OH is 3. The molecule has 1 unspecified atom stereocenters. The average Bonchev–Trinajstić information content (AvgIpc) is 3.18. The molecule has 0 saturated carbocycles. The highest BCUT2D eigenvalue weighted by Gasteiger charge is 2.43. The van der Waals surface area contributed by atoms with Crippen molar-refractivity contribution in [1.29, 1.82) is 0 Å². The molecule has 8 N–H and O–H groups in total. The highest BCUT2D eigenvalue weighted by atomic mass is 16.6. The Morgan fingerprint density at radius 3 is 2.46 bits per heavy atom. The standard InChI is InChI=1S/C10H13N5O4.C6H13NO2/c11-8-5-9(13-2-12-8)15(3-14-5)10-7(18)6(17)4(1-16)19-10;1-4(2)3-5(7)6(8)9/h2-4,6-7,10,16-18H,1H2,(H2,11,12,13);4-5H,3,7H2,1-2H3,(H,8,9)/t4-,6-,7-,10-;/m1./s1. The number of carbonyl (C=O) groups is 1. The summed E-state index contributed by atoms with van der Waals surface area (Å²) in [5, 5.41) is 37.0. The fourth-order valence-electron chi connectivity index (χ4n) is 2.77. The molecule has 28 heavy (non-hydrogen) atoms. The van der Waals surface area contributed by atoms with Crippen molar-refractivity contribution in [1.82, 2.24) is 19.5 Å². The third kappa shape index (κ3) is 4.72. The van der Waals surface area contributed by atoms with Crippen molar-refractivity contribution in [2.24, 2.45) is 11.7 Å². The lowest BCUT2D eigenvalue weighted by Gasteiger charge is -2.16. The predicted molar refractivity (Wildman–Crippen MR) is 97.8 cm³/mol. The minimum Gasteiger partial charge on any atom is -0.480 e. The SMILES string of the molecule is CC(C)CC(N)C(=O)O.Nc1ncnc2c1ncn2[C@@H]1O[C@H](CO)[C@@H](O)[C@H]1O. The minimum atomic E-state index is -1.19. The Labute approximate surface area is 160 Å². The van der Waals surface area contributed by atoms with Gasteiger partial charge in [-0.05, 0) is 12.3 Å². The number of nitrogen functional groups attached to an aromatic ring is 1. The molecule has 12 nitrogen and oxygen atoms in total. The summed E-state index contributed by atoms with van der Waals surface area (Å²) in [5.41, 5.74) is 11.7. The molecule has 0 amide bonds. The molecule has 0 radical (unpaired) electrons. The number of aromatic nitrogens is 4. The van der Waals surface area contributed by atoms with Gasteiger partial charge < -0.3 is 36.6 Å². The molecule has 1 saturated heterocycles. The summed E-state index contributed by atoms with van der Waals surface area (Å²) >= 11 is 0. The van der Waals surface area contributed by atoms with E-state index in [-0.39, 0.29) is 5.82 Å². The molecule has 1 aliphatic rings. The minimum absolute atomic E-state index is 0.218. The number of carboxylic acid groups (broad SMARTS) is 1. The van der Waals surface area contributed by atoms with Crippen LogP contribution in [-0.4, -0.2) is 76.9 Å². The maximum absolute atomic E-state index is 10.1. The van der Waals surface area contributed by atoms with Crippen LogP contribution in [0.3, 0.4) is 0 Å². The number of fused-ring (bicyclic) bond motifs is 1. The zero-order chi connectivity index (χ0) is 21.0. The van der Waals surface area contributed by atoms with Gasteiger partial charge >= 0.3 is 5.97 Å². The van der Waals surface area contributed by atoms with Crippen LogP contribution in [-0.2, 0) is 9.53 Å². The number of hydrogen-bond donors (Lipinski definition) is 6. The molecule has 12 heteroatoms. The van der Waals surface area contributed by atoms with Gasteiger partial charge in [-0.15, -0.1) is 0 Å². The molecular weight excluding hydrogens is 372 g/mol. The van der Waals surface area contributed by atoms with Crippen LogP contribution in [0.1, 0.15) is 26.5 Å². The summed E-state index contributed by atoms with van der Waals surface area (Å²) in [6, 6.07) is -0.690. The van der Waals surface area contributed by atoms with Gasteiger partial charge in [-0.2, -0.15) is 0 Å². The number of nitrogens with zero attached hydrogens (tertiary/aromatic N) is 4. The van der Waals surface area contributed by atoms with E-state index in [1.807, 2.05) is 13.8 Å². The van der Waals surface area contributed by atoms with E-state index in [2.05, 4.69) is 15.0 Å². The highest BCUT2D eigenvalue weighted by Crippen LogP contribution is 2.31. The van der Waals surface area contributed by atoms with Crippen molar-refractivity contribution in [2.45, 2.75) is 50.8 Å². The van der Waals surface area contributed by atoms with Crippen molar-refractivity contribution >= 4 is 23.0 Å². The topological polar surface area (TPSA) is 203 Å². The molecule has 0 spiro atoms. The van der Waals surface area contributed by atoms with Crippen LogP contribution in [0.25, 0.3) is 11.2 Å². The van der Waals surface area contributed by atoms with Gasteiger partial charge in [-0.3, -0.25) is 9.36 Å². The lowest BCUT2D eigenvalue weighted by molar-refractivity contribution is -0.138. The van der Waals surface area contributed by atoms with E-state index in [4.69, 9.17) is 26.4 Å². The Morgan fingerprint density at radius 1 is 1.29 bits per heavy atom. The van der Waals surface area contributed by atoms with Gasteiger partial charge in [0, 0.05) is 0 Å². The molecule has 5 atom stereocenters. The van der Waals surface area contributed by atoms with E-state index in [1.54, 1.807) is 0 Å². The molecular formula is C16H26N6O6. The van der Waals surface area contributed by atoms with Crippen LogP contribution >= 0.6 is 0 Å². The normalized spacial score (nSPS) is 25.5. The first-order chi connectivity index (χ1) is 13.2. The molecule has 1 aliphatic heterocycles. The van der Waals surface area contributed by atoms with Gasteiger partial charge in [0.1, 0.15) is 36.2 Å². The first-order valence-electron chi connectivity index (χ1n) is 8.71.